The van der Waals surface area contributed by atoms with E-state index in [9.17, 15) is 0 Å². The van der Waals surface area contributed by atoms with Crippen LogP contribution in [0.25, 0.3) is 0 Å². The third-order valence-corrected chi connectivity index (χ3v) is 5.90. The highest BCUT2D eigenvalue weighted by molar-refractivity contribution is 7.09. The Morgan fingerprint density at radius 2 is 2.04 bits per heavy atom. The smallest absolute Gasteiger partial charge is 0.205 e. The third kappa shape index (κ3) is 3.02. The Morgan fingerprint density at radius 3 is 2.70 bits per heavy atom. The lowest BCUT2D eigenvalue weighted by atomic mass is 9.85. The van der Waals surface area contributed by atoms with E-state index >= 15 is 0 Å². The predicted molar refractivity (Wildman–Crippen MR) is 92.2 cm³/mol. The predicted octanol–water partition coefficient (Wildman–Crippen LogP) is 2.70. The Bertz CT molecular complexity index is 633. The molecule has 0 spiro atoms. The van der Waals surface area contributed by atoms with Gasteiger partial charge in [0.2, 0.25) is 5.13 Å². The molecule has 1 saturated heterocycles. The molecular formula is C16H22N6S. The van der Waals surface area contributed by atoms with Crippen LogP contribution < -0.4 is 9.80 Å². The van der Waals surface area contributed by atoms with E-state index < -0.39 is 0 Å². The molecule has 1 saturated carbocycles. The largest absolute Gasteiger partial charge is 0.356 e. The molecule has 0 aromatic carbocycles. The molecule has 6 nitrogen and oxygen atoms in total. The van der Waals surface area contributed by atoms with Gasteiger partial charge >= 0.3 is 0 Å². The second-order valence-corrected chi connectivity index (χ2v) is 7.19. The summed E-state index contributed by atoms with van der Waals surface area (Å²) in [5.74, 6) is 2.71. The molecule has 0 bridgehead atoms. The van der Waals surface area contributed by atoms with Crippen LogP contribution in [0.3, 0.4) is 0 Å². The van der Waals surface area contributed by atoms with Crippen LogP contribution >= 0.6 is 11.5 Å². The van der Waals surface area contributed by atoms with Crippen LogP contribution in [0.15, 0.2) is 18.6 Å². The average molecular weight is 330 g/mol. The molecule has 0 radical (unpaired) electrons. The van der Waals surface area contributed by atoms with E-state index in [4.69, 9.17) is 4.98 Å². The number of hydrogen-bond acceptors (Lipinski definition) is 7. The summed E-state index contributed by atoms with van der Waals surface area (Å²) in [6, 6.07) is 2.50. The number of piperidine rings is 1. The molecule has 2 aliphatic rings. The van der Waals surface area contributed by atoms with Crippen molar-refractivity contribution in [2.75, 3.05) is 29.9 Å². The van der Waals surface area contributed by atoms with E-state index in [1.165, 1.54) is 19.3 Å². The van der Waals surface area contributed by atoms with Gasteiger partial charge in [0.25, 0.3) is 0 Å². The monoisotopic (exact) mass is 330 g/mol. The summed E-state index contributed by atoms with van der Waals surface area (Å²) >= 11 is 1.57. The third-order valence-electron chi connectivity index (χ3n) is 5.11. The minimum Gasteiger partial charge on any atom is -0.356 e. The number of hydrogen-bond donors (Lipinski definition) is 0. The van der Waals surface area contributed by atoms with Crippen LogP contribution in [-0.2, 0) is 0 Å². The van der Waals surface area contributed by atoms with Gasteiger partial charge < -0.3 is 9.80 Å². The molecule has 1 aliphatic carbocycles. The molecule has 2 aromatic heterocycles. The highest BCUT2D eigenvalue weighted by Gasteiger charge is 2.27. The first kappa shape index (κ1) is 14.8. The van der Waals surface area contributed by atoms with Crippen molar-refractivity contribution in [2.45, 2.75) is 44.1 Å². The average Bonchev–Trinajstić information content (AvgIpc) is 3.03. The number of aromatic nitrogens is 4. The van der Waals surface area contributed by atoms with E-state index in [-0.39, 0.29) is 0 Å². The second-order valence-electron chi connectivity index (χ2n) is 6.46. The summed E-state index contributed by atoms with van der Waals surface area (Å²) in [5, 5.41) is 1.11. The zero-order valence-corrected chi connectivity index (χ0v) is 14.2. The van der Waals surface area contributed by atoms with Gasteiger partial charge in [-0.25, -0.2) is 15.0 Å². The van der Waals surface area contributed by atoms with E-state index in [1.54, 1.807) is 24.1 Å². The summed E-state index contributed by atoms with van der Waals surface area (Å²) in [4.78, 5) is 17.8. The van der Waals surface area contributed by atoms with Crippen molar-refractivity contribution in [3.05, 3.63) is 24.4 Å². The van der Waals surface area contributed by atoms with Gasteiger partial charge in [-0.05, 0) is 31.7 Å². The van der Waals surface area contributed by atoms with Gasteiger partial charge in [0, 0.05) is 49.8 Å². The standard InChI is InChI=1S/C16H22N6S/c1-21(14-5-8-17-11-18-14)13-6-9-22(10-7-13)16-19-15(20-23-16)12-3-2-4-12/h5,8,11-13H,2-4,6-7,9-10H2,1H3. The van der Waals surface area contributed by atoms with Crippen molar-refractivity contribution in [1.82, 2.24) is 19.3 Å². The summed E-state index contributed by atoms with van der Waals surface area (Å²) in [5.41, 5.74) is 0. The molecule has 2 aromatic rings. The summed E-state index contributed by atoms with van der Waals surface area (Å²) in [6.07, 6.45) is 9.53. The van der Waals surface area contributed by atoms with Gasteiger partial charge in [0.15, 0.2) is 0 Å². The molecule has 0 atom stereocenters. The highest BCUT2D eigenvalue weighted by atomic mass is 32.1. The Kier molecular flexibility index (Phi) is 4.11. The van der Waals surface area contributed by atoms with Crippen molar-refractivity contribution >= 4 is 22.5 Å². The molecule has 7 heteroatoms. The molecule has 4 rings (SSSR count). The molecular weight excluding hydrogens is 308 g/mol. The maximum Gasteiger partial charge on any atom is 0.205 e. The first-order valence-electron chi connectivity index (χ1n) is 8.38. The van der Waals surface area contributed by atoms with Crippen LogP contribution in [0.4, 0.5) is 10.9 Å². The van der Waals surface area contributed by atoms with Crippen LogP contribution in [0.1, 0.15) is 43.8 Å². The number of nitrogens with zero attached hydrogens (tertiary/aromatic N) is 6. The molecule has 3 heterocycles. The zero-order chi connectivity index (χ0) is 15.6. The normalized spacial score (nSPS) is 19.6. The summed E-state index contributed by atoms with van der Waals surface area (Å²) in [7, 11) is 2.13. The fourth-order valence-electron chi connectivity index (χ4n) is 3.31. The van der Waals surface area contributed by atoms with Gasteiger partial charge in [0.05, 0.1) is 0 Å². The molecule has 1 aliphatic heterocycles. The van der Waals surface area contributed by atoms with Crippen molar-refractivity contribution in [3.8, 4) is 0 Å². The molecule has 122 valence electrons. The maximum absolute atomic E-state index is 4.78. The minimum absolute atomic E-state index is 0.528. The van der Waals surface area contributed by atoms with Crippen LogP contribution in [0, 0.1) is 0 Å². The minimum atomic E-state index is 0.528. The summed E-state index contributed by atoms with van der Waals surface area (Å²) in [6.45, 7) is 2.08. The van der Waals surface area contributed by atoms with E-state index in [1.807, 2.05) is 6.07 Å². The van der Waals surface area contributed by atoms with Crippen LogP contribution in [0.2, 0.25) is 0 Å². The first-order valence-corrected chi connectivity index (χ1v) is 9.16. The fraction of sp³-hybridized carbons (Fsp3) is 0.625. The molecule has 0 amide bonds. The summed E-state index contributed by atoms with van der Waals surface area (Å²) < 4.78 is 4.58. The quantitative estimate of drug-likeness (QED) is 0.859. The second kappa shape index (κ2) is 6.39. The van der Waals surface area contributed by atoms with Gasteiger partial charge in [-0.2, -0.15) is 4.37 Å². The van der Waals surface area contributed by atoms with Crippen LogP contribution in [0.5, 0.6) is 0 Å². The van der Waals surface area contributed by atoms with Crippen molar-refractivity contribution in [3.63, 3.8) is 0 Å². The number of anilines is 2. The molecule has 23 heavy (non-hydrogen) atoms. The molecule has 0 unspecified atom stereocenters. The first-order chi connectivity index (χ1) is 11.3. The van der Waals surface area contributed by atoms with E-state index in [0.29, 0.717) is 12.0 Å². The van der Waals surface area contributed by atoms with Crippen molar-refractivity contribution in [1.29, 1.82) is 0 Å². The SMILES string of the molecule is CN(c1ccncn1)C1CCN(c2nc(C3CCC3)ns2)CC1. The molecule has 0 N–H and O–H groups in total. The zero-order valence-electron chi connectivity index (χ0n) is 13.4. The Hall–Kier alpha value is -1.76. The van der Waals surface area contributed by atoms with Crippen molar-refractivity contribution < 1.29 is 0 Å². The Balaban J connectivity index is 1.36. The van der Waals surface area contributed by atoms with Crippen molar-refractivity contribution in [2.24, 2.45) is 0 Å². The Labute approximate surface area is 140 Å². The van der Waals surface area contributed by atoms with Gasteiger partial charge in [-0.3, -0.25) is 0 Å². The lowest BCUT2D eigenvalue weighted by molar-refractivity contribution is 0.404. The van der Waals surface area contributed by atoms with Gasteiger partial charge in [0.1, 0.15) is 18.0 Å². The van der Waals surface area contributed by atoms with Gasteiger partial charge in [-0.1, -0.05) is 6.42 Å². The topological polar surface area (TPSA) is 58.0 Å². The molecule has 2 fully saturated rings. The van der Waals surface area contributed by atoms with E-state index in [2.05, 4.69) is 31.2 Å². The lowest BCUT2D eigenvalue weighted by Gasteiger charge is -2.37. The maximum atomic E-state index is 4.78. The van der Waals surface area contributed by atoms with E-state index in [0.717, 1.165) is 42.7 Å². The number of rotatable bonds is 4. The lowest BCUT2D eigenvalue weighted by Crippen LogP contribution is -2.43. The highest BCUT2D eigenvalue weighted by Crippen LogP contribution is 2.36. The van der Waals surface area contributed by atoms with Gasteiger partial charge in [-0.15, -0.1) is 0 Å². The fourth-order valence-corrected chi connectivity index (χ4v) is 4.11. The Morgan fingerprint density at radius 1 is 1.22 bits per heavy atom. The van der Waals surface area contributed by atoms with Crippen LogP contribution in [-0.4, -0.2) is 45.5 Å².